The molecule has 1 aromatic carbocycles. The Hall–Kier alpha value is -4.01. The van der Waals surface area contributed by atoms with Crippen molar-refractivity contribution in [3.8, 4) is 17.6 Å². The number of aromatic nitrogens is 1. The molecule has 0 bridgehead atoms. The van der Waals surface area contributed by atoms with Gasteiger partial charge in [-0.2, -0.15) is 0 Å². The van der Waals surface area contributed by atoms with E-state index in [0.29, 0.717) is 30.9 Å². The largest absolute Gasteiger partial charge is 0.494 e. The third kappa shape index (κ3) is 4.48. The van der Waals surface area contributed by atoms with Crippen LogP contribution >= 0.6 is 0 Å². The molecule has 0 saturated carbocycles. The molecular formula is C25H24FN5O5. The van der Waals surface area contributed by atoms with Crippen LogP contribution in [0.15, 0.2) is 30.5 Å². The number of fused-ring (bicyclic) bond motifs is 1. The number of morpholine rings is 1. The predicted octanol–water partition coefficient (Wildman–Crippen LogP) is 0.647. The van der Waals surface area contributed by atoms with E-state index < -0.39 is 29.2 Å². The summed E-state index contributed by atoms with van der Waals surface area (Å²) >= 11 is 0. The topological polar surface area (TPSA) is 113 Å². The third-order valence-corrected chi connectivity index (χ3v) is 6.38. The second-order valence-corrected chi connectivity index (χ2v) is 8.77. The van der Waals surface area contributed by atoms with Gasteiger partial charge in [0.05, 0.1) is 38.1 Å². The van der Waals surface area contributed by atoms with E-state index in [1.807, 2.05) is 6.07 Å². The van der Waals surface area contributed by atoms with Gasteiger partial charge in [-0.1, -0.05) is 17.9 Å². The normalized spacial score (nSPS) is 21.5. The van der Waals surface area contributed by atoms with Gasteiger partial charge in [0.25, 0.3) is 11.8 Å². The van der Waals surface area contributed by atoms with Gasteiger partial charge in [0.1, 0.15) is 0 Å². The quantitative estimate of drug-likeness (QED) is 0.465. The van der Waals surface area contributed by atoms with E-state index in [1.165, 1.54) is 18.1 Å². The Labute approximate surface area is 206 Å². The van der Waals surface area contributed by atoms with E-state index in [0.717, 1.165) is 18.8 Å². The average Bonchev–Trinajstić information content (AvgIpc) is 3.34. The van der Waals surface area contributed by atoms with Crippen molar-refractivity contribution in [2.45, 2.75) is 18.6 Å². The van der Waals surface area contributed by atoms with Crippen LogP contribution in [0, 0.1) is 17.7 Å². The predicted molar refractivity (Wildman–Crippen MR) is 124 cm³/mol. The summed E-state index contributed by atoms with van der Waals surface area (Å²) in [5, 5.41) is 4.72. The van der Waals surface area contributed by atoms with Crippen molar-refractivity contribution in [1.29, 1.82) is 0 Å². The minimum absolute atomic E-state index is 0.0464. The zero-order valence-electron chi connectivity index (χ0n) is 19.6. The van der Waals surface area contributed by atoms with E-state index in [2.05, 4.69) is 32.4 Å². The number of hydrogen-bond acceptors (Lipinski definition) is 7. The Morgan fingerprint density at radius 3 is 2.67 bits per heavy atom. The average molecular weight is 493 g/mol. The number of carbonyl (C=O) groups excluding carboxylic acids is 3. The lowest BCUT2D eigenvalue weighted by Crippen LogP contribution is -2.54. The van der Waals surface area contributed by atoms with Crippen molar-refractivity contribution in [3.63, 3.8) is 0 Å². The van der Waals surface area contributed by atoms with Crippen LogP contribution in [0.3, 0.4) is 0 Å². The van der Waals surface area contributed by atoms with E-state index in [9.17, 15) is 18.8 Å². The van der Waals surface area contributed by atoms with Gasteiger partial charge in [-0.25, -0.2) is 9.18 Å². The summed E-state index contributed by atoms with van der Waals surface area (Å²) < 4.78 is 25.1. The highest BCUT2D eigenvalue weighted by molar-refractivity contribution is 6.10. The summed E-state index contributed by atoms with van der Waals surface area (Å²) in [6.45, 7) is 3.59. The number of pyridine rings is 1. The van der Waals surface area contributed by atoms with Crippen LogP contribution in [0.2, 0.25) is 0 Å². The molecule has 4 amide bonds. The van der Waals surface area contributed by atoms with Crippen LogP contribution in [0.25, 0.3) is 0 Å². The number of halogens is 1. The molecule has 0 spiro atoms. The number of benzene rings is 1. The zero-order chi connectivity index (χ0) is 25.3. The number of imide groups is 1. The lowest BCUT2D eigenvalue weighted by atomic mass is 9.99. The minimum Gasteiger partial charge on any atom is -0.494 e. The zero-order valence-corrected chi connectivity index (χ0v) is 19.6. The molecule has 0 aliphatic carbocycles. The number of ether oxygens (including phenoxy) is 2. The molecule has 1 aromatic heterocycles. The van der Waals surface area contributed by atoms with E-state index >= 15 is 0 Å². The molecule has 1 atom stereocenters. The Balaban J connectivity index is 1.36. The molecule has 10 nitrogen and oxygen atoms in total. The summed E-state index contributed by atoms with van der Waals surface area (Å²) in [5.41, 5.74) is 0.0817. The number of methoxy groups -OCH3 is 1. The number of urea groups is 1. The van der Waals surface area contributed by atoms with Crippen molar-refractivity contribution < 1.29 is 28.2 Å². The molecule has 2 saturated heterocycles. The highest BCUT2D eigenvalue weighted by atomic mass is 19.1. The minimum atomic E-state index is -1.69. The molecule has 36 heavy (non-hydrogen) atoms. The number of amides is 4. The maximum absolute atomic E-state index is 14.7. The molecule has 3 aliphatic heterocycles. The van der Waals surface area contributed by atoms with Crippen LogP contribution in [-0.4, -0.2) is 78.1 Å². The first-order valence-electron chi connectivity index (χ1n) is 11.4. The van der Waals surface area contributed by atoms with Gasteiger partial charge in [-0.05, 0) is 23.8 Å². The maximum atomic E-state index is 14.7. The van der Waals surface area contributed by atoms with Crippen LogP contribution < -0.4 is 15.4 Å². The molecule has 2 fully saturated rings. The summed E-state index contributed by atoms with van der Waals surface area (Å²) in [7, 11) is 1.31. The summed E-state index contributed by atoms with van der Waals surface area (Å²) in [4.78, 5) is 45.8. The molecule has 0 radical (unpaired) electrons. The van der Waals surface area contributed by atoms with Gasteiger partial charge in [-0.3, -0.25) is 24.8 Å². The van der Waals surface area contributed by atoms with E-state index in [1.54, 1.807) is 18.3 Å². The third-order valence-electron chi connectivity index (χ3n) is 6.38. The van der Waals surface area contributed by atoms with Crippen molar-refractivity contribution >= 4 is 17.8 Å². The second kappa shape index (κ2) is 9.56. The fourth-order valence-corrected chi connectivity index (χ4v) is 4.46. The van der Waals surface area contributed by atoms with Gasteiger partial charge in [0, 0.05) is 37.9 Å². The molecule has 0 unspecified atom stereocenters. The lowest BCUT2D eigenvalue weighted by Gasteiger charge is -2.26. The smallest absolute Gasteiger partial charge is 0.323 e. The second-order valence-electron chi connectivity index (χ2n) is 8.77. The monoisotopic (exact) mass is 493 g/mol. The van der Waals surface area contributed by atoms with Gasteiger partial charge in [0.15, 0.2) is 11.6 Å². The summed E-state index contributed by atoms with van der Waals surface area (Å²) in [5.74, 6) is 3.63. The van der Waals surface area contributed by atoms with Crippen molar-refractivity contribution in [3.05, 3.63) is 58.7 Å². The molecule has 3 aliphatic rings. The van der Waals surface area contributed by atoms with Crippen molar-refractivity contribution in [2.75, 3.05) is 40.0 Å². The maximum Gasteiger partial charge on any atom is 0.323 e. The van der Waals surface area contributed by atoms with Crippen LogP contribution in [-0.2, 0) is 22.6 Å². The van der Waals surface area contributed by atoms with E-state index in [-0.39, 0.29) is 24.4 Å². The Morgan fingerprint density at radius 1 is 1.19 bits per heavy atom. The highest BCUT2D eigenvalue weighted by Crippen LogP contribution is 2.32. The number of nitrogens with one attached hydrogen (secondary N) is 2. The van der Waals surface area contributed by atoms with Crippen LogP contribution in [0.4, 0.5) is 9.18 Å². The molecule has 5 rings (SSSR count). The number of rotatable bonds is 5. The Kier molecular flexibility index (Phi) is 6.30. The Morgan fingerprint density at radius 2 is 2.00 bits per heavy atom. The fraction of sp³-hybridized carbons (Fsp3) is 0.360. The SMILES string of the molecule is COc1ccc2c(c1F)C(=O)N(C[C@@]1(C#Cc3ccc(CN4CCOCC4)nc3)NC(=O)NC1=O)C2. The number of nitrogens with zero attached hydrogens (tertiary/aromatic N) is 3. The first-order valence-corrected chi connectivity index (χ1v) is 11.4. The van der Waals surface area contributed by atoms with Gasteiger partial charge in [-0.15, -0.1) is 0 Å². The van der Waals surface area contributed by atoms with Crippen molar-refractivity contribution in [1.82, 2.24) is 25.4 Å². The standard InChI is InChI=1S/C25H24FN5O5/c1-35-19-5-3-17-13-31(22(32)20(17)21(19)26)15-25(23(33)28-24(34)29-25)7-6-16-2-4-18(27-12-16)14-30-8-10-36-11-9-30/h2-5,12H,8-11,13-15H2,1H3,(H2,28,29,33,34)/t25-/m1/s1. The van der Waals surface area contributed by atoms with Crippen molar-refractivity contribution in [2.24, 2.45) is 0 Å². The van der Waals surface area contributed by atoms with Crippen LogP contribution in [0.1, 0.15) is 27.2 Å². The molecule has 2 N–H and O–H groups in total. The molecular weight excluding hydrogens is 469 g/mol. The van der Waals surface area contributed by atoms with Gasteiger partial charge < -0.3 is 19.7 Å². The highest BCUT2D eigenvalue weighted by Gasteiger charge is 2.48. The van der Waals surface area contributed by atoms with Gasteiger partial charge >= 0.3 is 6.03 Å². The Bertz CT molecular complexity index is 1280. The molecule has 186 valence electrons. The summed E-state index contributed by atoms with van der Waals surface area (Å²) in [6.07, 6.45) is 1.60. The van der Waals surface area contributed by atoms with E-state index in [4.69, 9.17) is 9.47 Å². The molecule has 11 heteroatoms. The fourth-order valence-electron chi connectivity index (χ4n) is 4.46. The molecule has 2 aromatic rings. The summed E-state index contributed by atoms with van der Waals surface area (Å²) in [6, 6.07) is 5.98. The van der Waals surface area contributed by atoms with Crippen LogP contribution in [0.5, 0.6) is 5.75 Å². The first-order chi connectivity index (χ1) is 17.4. The van der Waals surface area contributed by atoms with Gasteiger partial charge in [0.2, 0.25) is 5.54 Å². The lowest BCUT2D eigenvalue weighted by molar-refractivity contribution is -0.122. The molecule has 4 heterocycles. The first kappa shape index (κ1) is 23.7. The number of hydrogen-bond donors (Lipinski definition) is 2. The number of carbonyl (C=O) groups is 3.